The van der Waals surface area contributed by atoms with Crippen LogP contribution in [0.15, 0.2) is 30.3 Å². The van der Waals surface area contributed by atoms with Crippen molar-refractivity contribution < 1.29 is 4.74 Å². The Labute approximate surface area is 103 Å². The third-order valence-electron chi connectivity index (χ3n) is 4.35. The molecule has 1 aromatic rings. The number of hydrogen-bond acceptors (Lipinski definition) is 2. The van der Waals surface area contributed by atoms with Crippen LogP contribution in [0.4, 0.5) is 0 Å². The van der Waals surface area contributed by atoms with Gasteiger partial charge in [0.25, 0.3) is 0 Å². The summed E-state index contributed by atoms with van der Waals surface area (Å²) in [5, 5.41) is 3.75. The summed E-state index contributed by atoms with van der Waals surface area (Å²) in [6.07, 6.45) is 4.90. The van der Waals surface area contributed by atoms with Crippen molar-refractivity contribution in [2.75, 3.05) is 19.8 Å². The van der Waals surface area contributed by atoms with E-state index in [1.807, 2.05) is 0 Å². The van der Waals surface area contributed by atoms with Crippen LogP contribution in [0.2, 0.25) is 0 Å². The van der Waals surface area contributed by atoms with Gasteiger partial charge in [-0.15, -0.1) is 0 Å². The lowest BCUT2D eigenvalue weighted by molar-refractivity contribution is 0.0235. The molecule has 0 bridgehead atoms. The van der Waals surface area contributed by atoms with Gasteiger partial charge in [-0.25, -0.2) is 0 Å². The average molecular weight is 231 g/mol. The van der Waals surface area contributed by atoms with Crippen LogP contribution in [-0.4, -0.2) is 25.3 Å². The van der Waals surface area contributed by atoms with Crippen LogP contribution < -0.4 is 5.32 Å². The van der Waals surface area contributed by atoms with Crippen molar-refractivity contribution >= 4 is 0 Å². The summed E-state index contributed by atoms with van der Waals surface area (Å²) in [6.45, 7) is 3.00. The van der Waals surface area contributed by atoms with Gasteiger partial charge in [0, 0.05) is 18.8 Å². The molecule has 0 radical (unpaired) electrons. The lowest BCUT2D eigenvalue weighted by Gasteiger charge is -2.44. The molecule has 1 spiro atoms. The Morgan fingerprint density at radius 3 is 2.65 bits per heavy atom. The first-order chi connectivity index (χ1) is 8.38. The normalized spacial score (nSPS) is 28.1. The molecular weight excluding hydrogens is 210 g/mol. The van der Waals surface area contributed by atoms with E-state index >= 15 is 0 Å². The molecule has 17 heavy (non-hydrogen) atoms. The van der Waals surface area contributed by atoms with Gasteiger partial charge in [0.05, 0.1) is 0 Å². The maximum atomic E-state index is 5.50. The van der Waals surface area contributed by atoms with Gasteiger partial charge in [0.2, 0.25) is 0 Å². The van der Waals surface area contributed by atoms with Crippen molar-refractivity contribution in [3.63, 3.8) is 0 Å². The van der Waals surface area contributed by atoms with Gasteiger partial charge in [-0.05, 0) is 43.7 Å². The lowest BCUT2D eigenvalue weighted by atomic mass is 9.75. The molecule has 2 heteroatoms. The Kier molecular flexibility index (Phi) is 3.17. The van der Waals surface area contributed by atoms with E-state index in [-0.39, 0.29) is 0 Å². The predicted octanol–water partition coefficient (Wildman–Crippen LogP) is 2.70. The molecule has 1 unspecified atom stereocenters. The highest BCUT2D eigenvalue weighted by molar-refractivity contribution is 5.21. The van der Waals surface area contributed by atoms with E-state index in [2.05, 4.69) is 35.6 Å². The van der Waals surface area contributed by atoms with Crippen molar-refractivity contribution in [2.24, 2.45) is 0 Å². The molecule has 2 fully saturated rings. The number of hydrogen-bond donors (Lipinski definition) is 1. The van der Waals surface area contributed by atoms with Gasteiger partial charge in [0.1, 0.15) is 0 Å². The van der Waals surface area contributed by atoms with Gasteiger partial charge >= 0.3 is 0 Å². The first-order valence-electron chi connectivity index (χ1n) is 6.76. The predicted molar refractivity (Wildman–Crippen MR) is 69.2 cm³/mol. The summed E-state index contributed by atoms with van der Waals surface area (Å²) in [7, 11) is 0. The van der Waals surface area contributed by atoms with E-state index in [1.165, 1.54) is 31.2 Å². The molecule has 1 aromatic carbocycles. The van der Waals surface area contributed by atoms with Crippen LogP contribution in [0.1, 0.15) is 37.2 Å². The molecule has 0 aliphatic carbocycles. The zero-order chi connectivity index (χ0) is 11.6. The quantitative estimate of drug-likeness (QED) is 0.802. The molecule has 92 valence electrons. The Morgan fingerprint density at radius 1 is 1.12 bits per heavy atom. The number of rotatable bonds is 1. The SMILES string of the molecule is c1ccc(C2CCNC3(CCOCC3)C2)cc1. The van der Waals surface area contributed by atoms with Crippen LogP contribution in [-0.2, 0) is 4.74 Å². The number of benzene rings is 1. The summed E-state index contributed by atoms with van der Waals surface area (Å²) >= 11 is 0. The molecule has 0 aromatic heterocycles. The Morgan fingerprint density at radius 2 is 1.88 bits per heavy atom. The van der Waals surface area contributed by atoms with Gasteiger partial charge in [-0.3, -0.25) is 0 Å². The third-order valence-corrected chi connectivity index (χ3v) is 4.35. The Bertz CT molecular complexity index is 351. The fraction of sp³-hybridized carbons (Fsp3) is 0.600. The second kappa shape index (κ2) is 4.79. The van der Waals surface area contributed by atoms with Crippen LogP contribution in [0.3, 0.4) is 0 Å². The first kappa shape index (κ1) is 11.2. The van der Waals surface area contributed by atoms with Crippen molar-refractivity contribution in [3.05, 3.63) is 35.9 Å². The van der Waals surface area contributed by atoms with Gasteiger partial charge in [-0.1, -0.05) is 30.3 Å². The summed E-state index contributed by atoms with van der Waals surface area (Å²) < 4.78 is 5.50. The van der Waals surface area contributed by atoms with Crippen molar-refractivity contribution in [1.29, 1.82) is 0 Å². The summed E-state index contributed by atoms with van der Waals surface area (Å²) in [6, 6.07) is 11.0. The first-order valence-corrected chi connectivity index (χ1v) is 6.76. The summed E-state index contributed by atoms with van der Waals surface area (Å²) in [4.78, 5) is 0. The number of ether oxygens (including phenoxy) is 1. The second-order valence-electron chi connectivity index (χ2n) is 5.42. The minimum atomic E-state index is 0.358. The monoisotopic (exact) mass is 231 g/mol. The highest BCUT2D eigenvalue weighted by atomic mass is 16.5. The molecule has 2 heterocycles. The van der Waals surface area contributed by atoms with E-state index < -0.39 is 0 Å². The lowest BCUT2D eigenvalue weighted by Crippen LogP contribution is -2.53. The standard InChI is InChI=1S/C15H21NO/c1-2-4-13(5-3-1)14-6-9-16-15(12-14)7-10-17-11-8-15/h1-5,14,16H,6-12H2. The van der Waals surface area contributed by atoms with E-state index in [0.29, 0.717) is 5.54 Å². The molecule has 3 rings (SSSR count). The van der Waals surface area contributed by atoms with Crippen molar-refractivity contribution in [2.45, 2.75) is 37.1 Å². The topological polar surface area (TPSA) is 21.3 Å². The highest BCUT2D eigenvalue weighted by Gasteiger charge is 2.37. The summed E-state index contributed by atoms with van der Waals surface area (Å²) in [5.41, 5.74) is 1.87. The zero-order valence-electron chi connectivity index (χ0n) is 10.3. The molecular formula is C15H21NO. The van der Waals surface area contributed by atoms with Crippen molar-refractivity contribution in [1.82, 2.24) is 5.32 Å². The van der Waals surface area contributed by atoms with E-state index in [1.54, 1.807) is 0 Å². The van der Waals surface area contributed by atoms with Crippen molar-refractivity contribution in [3.8, 4) is 0 Å². The maximum Gasteiger partial charge on any atom is 0.0483 e. The summed E-state index contributed by atoms with van der Waals surface area (Å²) in [5.74, 6) is 0.732. The van der Waals surface area contributed by atoms with Gasteiger partial charge < -0.3 is 10.1 Å². The number of piperidine rings is 1. The molecule has 1 N–H and O–H groups in total. The van der Waals surface area contributed by atoms with Crippen LogP contribution in [0, 0.1) is 0 Å². The van der Waals surface area contributed by atoms with Gasteiger partial charge in [0.15, 0.2) is 0 Å². The number of nitrogens with one attached hydrogen (secondary N) is 1. The molecule has 0 saturated carbocycles. The fourth-order valence-corrected chi connectivity index (χ4v) is 3.31. The largest absolute Gasteiger partial charge is 0.381 e. The van der Waals surface area contributed by atoms with Gasteiger partial charge in [-0.2, -0.15) is 0 Å². The molecule has 1 atom stereocenters. The molecule has 2 aliphatic rings. The zero-order valence-corrected chi connectivity index (χ0v) is 10.3. The Balaban J connectivity index is 1.75. The average Bonchev–Trinajstić information content (AvgIpc) is 2.41. The highest BCUT2D eigenvalue weighted by Crippen LogP contribution is 2.37. The molecule has 2 aliphatic heterocycles. The fourth-order valence-electron chi connectivity index (χ4n) is 3.31. The van der Waals surface area contributed by atoms with Crippen LogP contribution in [0.5, 0.6) is 0 Å². The Hall–Kier alpha value is -0.860. The maximum absolute atomic E-state index is 5.50. The molecule has 0 amide bonds. The van der Waals surface area contributed by atoms with E-state index in [0.717, 1.165) is 25.7 Å². The third kappa shape index (κ3) is 2.38. The van der Waals surface area contributed by atoms with E-state index in [4.69, 9.17) is 4.74 Å². The smallest absolute Gasteiger partial charge is 0.0483 e. The molecule has 2 nitrogen and oxygen atoms in total. The van der Waals surface area contributed by atoms with E-state index in [9.17, 15) is 0 Å². The molecule has 2 saturated heterocycles. The minimum absolute atomic E-state index is 0.358. The minimum Gasteiger partial charge on any atom is -0.381 e. The van der Waals surface area contributed by atoms with Crippen LogP contribution in [0.25, 0.3) is 0 Å². The second-order valence-corrected chi connectivity index (χ2v) is 5.42. The van der Waals surface area contributed by atoms with Crippen LogP contribution >= 0.6 is 0 Å².